The summed E-state index contributed by atoms with van der Waals surface area (Å²) in [6, 6.07) is 7.98. The summed E-state index contributed by atoms with van der Waals surface area (Å²) in [5.74, 6) is 5.75. The Hall–Kier alpha value is -3.31. The first-order valence-electron chi connectivity index (χ1n) is 10.4. The molecule has 5 nitrogen and oxygen atoms in total. The third kappa shape index (κ3) is 4.34. The lowest BCUT2D eigenvalue weighted by molar-refractivity contribution is -0.137. The van der Waals surface area contributed by atoms with E-state index in [2.05, 4.69) is 27.4 Å². The van der Waals surface area contributed by atoms with Crippen molar-refractivity contribution in [2.45, 2.75) is 50.9 Å². The number of benzene rings is 2. The monoisotopic (exact) mass is 441 g/mol. The summed E-state index contributed by atoms with van der Waals surface area (Å²) < 4.78 is 39.0. The van der Waals surface area contributed by atoms with E-state index in [0.29, 0.717) is 29.1 Å². The van der Waals surface area contributed by atoms with Crippen molar-refractivity contribution < 1.29 is 23.4 Å². The Labute approximate surface area is 183 Å². The highest BCUT2D eigenvalue weighted by atomic mass is 19.4. The zero-order valence-electron chi connectivity index (χ0n) is 17.4. The number of rotatable bonds is 3. The molecule has 32 heavy (non-hydrogen) atoms. The smallest absolute Gasteiger partial charge is 0.416 e. The second-order valence-electron chi connectivity index (χ2n) is 7.86. The van der Waals surface area contributed by atoms with E-state index in [0.717, 1.165) is 30.9 Å². The minimum atomic E-state index is -4.56. The first-order valence-corrected chi connectivity index (χ1v) is 10.4. The number of aliphatic hydroxyl groups is 1. The van der Waals surface area contributed by atoms with Gasteiger partial charge in [-0.2, -0.15) is 13.2 Å². The van der Waals surface area contributed by atoms with Crippen LogP contribution < -0.4 is 5.32 Å². The number of phenols is 1. The summed E-state index contributed by atoms with van der Waals surface area (Å²) >= 11 is 0. The standard InChI is InChI=1S/C24H22F3N3O2/c1-2-5-14-8-10-16-18(12-14)23(28-19-6-3-4-7-20(19)31)30-29-22(16)17-11-9-15(13-21(17)32)24(25,26)27/h8-13,19-20,31-32H,3-4,6-7H2,1H3,(H,28,30)/t19-,20-/m1/s1. The van der Waals surface area contributed by atoms with Gasteiger partial charge in [0.1, 0.15) is 11.4 Å². The van der Waals surface area contributed by atoms with Crippen LogP contribution >= 0.6 is 0 Å². The fourth-order valence-corrected chi connectivity index (χ4v) is 4.05. The van der Waals surface area contributed by atoms with Crippen LogP contribution in [0.15, 0.2) is 36.4 Å². The molecule has 0 saturated heterocycles. The Bertz CT molecular complexity index is 1210. The Balaban J connectivity index is 1.84. The van der Waals surface area contributed by atoms with Crippen LogP contribution in [0.5, 0.6) is 5.75 Å². The van der Waals surface area contributed by atoms with Gasteiger partial charge in [0.15, 0.2) is 5.82 Å². The van der Waals surface area contributed by atoms with Crippen LogP contribution in [-0.4, -0.2) is 32.6 Å². The molecule has 2 aromatic carbocycles. The van der Waals surface area contributed by atoms with Gasteiger partial charge in [-0.1, -0.05) is 24.8 Å². The van der Waals surface area contributed by atoms with Gasteiger partial charge in [0.2, 0.25) is 0 Å². The molecule has 1 heterocycles. The van der Waals surface area contributed by atoms with Crippen molar-refractivity contribution in [2.24, 2.45) is 0 Å². The van der Waals surface area contributed by atoms with E-state index in [9.17, 15) is 23.4 Å². The minimum absolute atomic E-state index is 0.147. The van der Waals surface area contributed by atoms with Crippen molar-refractivity contribution in [3.8, 4) is 28.8 Å². The fraction of sp³-hybridized carbons (Fsp3) is 0.333. The Morgan fingerprint density at radius 2 is 1.81 bits per heavy atom. The Kier molecular flexibility index (Phi) is 5.94. The summed E-state index contributed by atoms with van der Waals surface area (Å²) in [7, 11) is 0. The van der Waals surface area contributed by atoms with Gasteiger partial charge < -0.3 is 15.5 Å². The zero-order valence-corrected chi connectivity index (χ0v) is 17.4. The molecule has 0 unspecified atom stereocenters. The van der Waals surface area contributed by atoms with E-state index in [1.165, 1.54) is 6.07 Å². The number of aromatic nitrogens is 2. The molecular weight excluding hydrogens is 419 g/mol. The highest BCUT2D eigenvalue weighted by Gasteiger charge is 2.31. The molecule has 0 aliphatic heterocycles. The normalized spacial score (nSPS) is 18.8. The van der Waals surface area contributed by atoms with Gasteiger partial charge in [-0.3, -0.25) is 0 Å². The highest BCUT2D eigenvalue weighted by molar-refractivity contribution is 6.01. The predicted octanol–water partition coefficient (Wildman–Crippen LogP) is 5.11. The maximum atomic E-state index is 13.0. The summed E-state index contributed by atoms with van der Waals surface area (Å²) in [6.07, 6.45) is -1.62. The maximum absolute atomic E-state index is 13.0. The topological polar surface area (TPSA) is 78.3 Å². The number of aliphatic hydroxyl groups excluding tert-OH is 1. The molecule has 3 aromatic rings. The predicted molar refractivity (Wildman–Crippen MR) is 116 cm³/mol. The summed E-state index contributed by atoms with van der Waals surface area (Å²) in [5.41, 5.74) is 0.204. The van der Waals surface area contributed by atoms with Crippen molar-refractivity contribution in [1.29, 1.82) is 0 Å². The lowest BCUT2D eigenvalue weighted by Gasteiger charge is -2.29. The molecule has 166 valence electrons. The number of halogens is 3. The summed E-state index contributed by atoms with van der Waals surface area (Å²) in [4.78, 5) is 0. The second-order valence-corrected chi connectivity index (χ2v) is 7.86. The number of aromatic hydroxyl groups is 1. The number of anilines is 1. The SMILES string of the molecule is CC#Cc1ccc2c(-c3ccc(C(F)(F)F)cc3O)nnc(N[C@@H]3CCCC[C@H]3O)c2c1. The number of phenolic OH excluding ortho intramolecular Hbond substituents is 1. The number of nitrogens with one attached hydrogen (secondary N) is 1. The van der Waals surface area contributed by atoms with E-state index in [1.807, 2.05) is 6.07 Å². The molecule has 1 fully saturated rings. The molecule has 1 saturated carbocycles. The molecule has 1 aromatic heterocycles. The van der Waals surface area contributed by atoms with Crippen LogP contribution in [0.3, 0.4) is 0 Å². The fourth-order valence-electron chi connectivity index (χ4n) is 4.05. The largest absolute Gasteiger partial charge is 0.507 e. The Morgan fingerprint density at radius 3 is 2.50 bits per heavy atom. The molecule has 2 atom stereocenters. The quantitative estimate of drug-likeness (QED) is 0.493. The number of nitrogens with zero attached hydrogens (tertiary/aromatic N) is 2. The number of fused-ring (bicyclic) bond motifs is 1. The van der Waals surface area contributed by atoms with Crippen LogP contribution in [0, 0.1) is 11.8 Å². The van der Waals surface area contributed by atoms with Crippen LogP contribution in [0.1, 0.15) is 43.7 Å². The average molecular weight is 441 g/mol. The molecule has 8 heteroatoms. The van der Waals surface area contributed by atoms with Gasteiger partial charge in [0.25, 0.3) is 0 Å². The van der Waals surface area contributed by atoms with E-state index < -0.39 is 23.6 Å². The van der Waals surface area contributed by atoms with E-state index >= 15 is 0 Å². The van der Waals surface area contributed by atoms with Crippen LogP contribution in [0.4, 0.5) is 19.0 Å². The molecule has 3 N–H and O–H groups in total. The van der Waals surface area contributed by atoms with Gasteiger partial charge >= 0.3 is 6.18 Å². The lowest BCUT2D eigenvalue weighted by Crippen LogP contribution is -2.36. The zero-order chi connectivity index (χ0) is 22.9. The van der Waals surface area contributed by atoms with Gasteiger partial charge in [-0.15, -0.1) is 16.1 Å². The number of hydrogen-bond donors (Lipinski definition) is 3. The van der Waals surface area contributed by atoms with E-state index in [4.69, 9.17) is 0 Å². The van der Waals surface area contributed by atoms with Crippen molar-refractivity contribution >= 4 is 16.6 Å². The molecule has 0 amide bonds. The first-order chi connectivity index (χ1) is 15.3. The van der Waals surface area contributed by atoms with Crippen molar-refractivity contribution in [3.63, 3.8) is 0 Å². The summed E-state index contributed by atoms with van der Waals surface area (Å²) in [5, 5.41) is 33.7. The van der Waals surface area contributed by atoms with Crippen molar-refractivity contribution in [2.75, 3.05) is 5.32 Å². The van der Waals surface area contributed by atoms with Gasteiger partial charge in [0, 0.05) is 21.9 Å². The van der Waals surface area contributed by atoms with Crippen molar-refractivity contribution in [3.05, 3.63) is 47.5 Å². The minimum Gasteiger partial charge on any atom is -0.507 e. The molecular formula is C24H22F3N3O2. The van der Waals surface area contributed by atoms with Crippen LogP contribution in [0.2, 0.25) is 0 Å². The van der Waals surface area contributed by atoms with Gasteiger partial charge in [-0.05, 0) is 50.1 Å². The van der Waals surface area contributed by atoms with Crippen molar-refractivity contribution in [1.82, 2.24) is 10.2 Å². The van der Waals surface area contributed by atoms with Gasteiger partial charge in [0.05, 0.1) is 17.7 Å². The third-order valence-electron chi connectivity index (χ3n) is 5.68. The Morgan fingerprint density at radius 1 is 1.03 bits per heavy atom. The third-order valence-corrected chi connectivity index (χ3v) is 5.68. The molecule has 1 aliphatic carbocycles. The highest BCUT2D eigenvalue weighted by Crippen LogP contribution is 2.39. The van der Waals surface area contributed by atoms with E-state index in [-0.39, 0.29) is 17.3 Å². The average Bonchev–Trinajstić information content (AvgIpc) is 2.75. The lowest BCUT2D eigenvalue weighted by atomic mass is 9.92. The molecule has 0 bridgehead atoms. The van der Waals surface area contributed by atoms with E-state index in [1.54, 1.807) is 19.1 Å². The van der Waals surface area contributed by atoms with Crippen LogP contribution in [0.25, 0.3) is 22.0 Å². The van der Waals surface area contributed by atoms with Crippen LogP contribution in [-0.2, 0) is 6.18 Å². The first kappa shape index (κ1) is 21.9. The second kappa shape index (κ2) is 8.67. The molecule has 0 spiro atoms. The summed E-state index contributed by atoms with van der Waals surface area (Å²) in [6.45, 7) is 1.72. The van der Waals surface area contributed by atoms with Gasteiger partial charge in [-0.25, -0.2) is 0 Å². The molecule has 4 rings (SSSR count). The maximum Gasteiger partial charge on any atom is 0.416 e. The molecule has 1 aliphatic rings. The number of alkyl halides is 3. The number of hydrogen-bond acceptors (Lipinski definition) is 5. The molecule has 0 radical (unpaired) electrons.